The topological polar surface area (TPSA) is 161 Å². The first-order valence-electron chi connectivity index (χ1n) is 10.3. The fraction of sp³-hybridized carbons (Fsp3) is 0.435. The van der Waals surface area contributed by atoms with Gasteiger partial charge in [-0.25, -0.2) is 0 Å². The van der Waals surface area contributed by atoms with Crippen LogP contribution in [-0.4, -0.2) is 74.6 Å². The number of nitrogens with two attached hydrogens (primary N) is 1. The van der Waals surface area contributed by atoms with Gasteiger partial charge in [-0.05, 0) is 44.1 Å². The molecule has 0 aromatic heterocycles. The molecule has 0 saturated heterocycles. The van der Waals surface area contributed by atoms with Crippen LogP contribution in [0.3, 0.4) is 0 Å². The number of aliphatic hydroxyl groups excluding tert-OH is 2. The van der Waals surface area contributed by atoms with Crippen molar-refractivity contribution in [2.45, 2.75) is 37.5 Å². The van der Waals surface area contributed by atoms with E-state index in [0.29, 0.717) is 5.56 Å². The molecule has 1 amide bonds. The molecule has 0 radical (unpaired) electrons. The van der Waals surface area contributed by atoms with Crippen LogP contribution < -0.4 is 5.73 Å². The number of ketones is 2. The van der Waals surface area contributed by atoms with Crippen molar-refractivity contribution in [1.29, 1.82) is 0 Å². The van der Waals surface area contributed by atoms with Crippen molar-refractivity contribution in [2.24, 2.45) is 17.6 Å². The van der Waals surface area contributed by atoms with Crippen molar-refractivity contribution in [1.82, 2.24) is 4.90 Å². The normalized spacial score (nSPS) is 34.4. The zero-order chi connectivity index (χ0) is 23.9. The smallest absolute Gasteiger partial charge is 0.255 e. The van der Waals surface area contributed by atoms with Crippen LogP contribution in [0.4, 0.5) is 0 Å². The van der Waals surface area contributed by atoms with Crippen molar-refractivity contribution >= 4 is 17.5 Å². The number of aliphatic hydroxyl groups is 3. The van der Waals surface area contributed by atoms with Crippen molar-refractivity contribution in [3.05, 3.63) is 51.8 Å². The van der Waals surface area contributed by atoms with Crippen LogP contribution in [0.5, 0.6) is 5.75 Å². The van der Waals surface area contributed by atoms with E-state index < -0.39 is 64.3 Å². The van der Waals surface area contributed by atoms with Gasteiger partial charge in [-0.2, -0.15) is 0 Å². The van der Waals surface area contributed by atoms with E-state index in [1.165, 1.54) is 17.9 Å². The Labute approximate surface area is 184 Å². The lowest BCUT2D eigenvalue weighted by molar-refractivity contribution is -0.145. The average Bonchev–Trinajstić information content (AvgIpc) is 2.70. The van der Waals surface area contributed by atoms with Crippen LogP contribution in [0.2, 0.25) is 0 Å². The van der Waals surface area contributed by atoms with Gasteiger partial charge in [0.1, 0.15) is 17.1 Å². The summed E-state index contributed by atoms with van der Waals surface area (Å²) in [6, 6.07) is 3.49. The maximum Gasteiger partial charge on any atom is 0.255 e. The summed E-state index contributed by atoms with van der Waals surface area (Å²) in [4.78, 5) is 40.1. The SMILES string of the molecule is CC1=C2C(=O)c3c(O)cccc3[C@H](C)C2[C@H](O)C2[C@H](N(C)C)C(=O)C(C(N)=O)=C(O)[C@@]12O. The van der Waals surface area contributed by atoms with Gasteiger partial charge in [-0.15, -0.1) is 0 Å². The first kappa shape index (κ1) is 22.2. The molecule has 2 unspecified atom stereocenters. The van der Waals surface area contributed by atoms with Crippen molar-refractivity contribution in [2.75, 3.05) is 14.1 Å². The molecule has 1 aromatic rings. The summed E-state index contributed by atoms with van der Waals surface area (Å²) in [6.07, 6.45) is -1.43. The fourth-order valence-electron chi connectivity index (χ4n) is 5.89. The number of benzene rings is 1. The van der Waals surface area contributed by atoms with E-state index >= 15 is 0 Å². The van der Waals surface area contributed by atoms with Crippen molar-refractivity contribution < 1.29 is 34.8 Å². The number of phenols is 1. The number of hydrogen-bond acceptors (Lipinski definition) is 8. The highest BCUT2D eigenvalue weighted by Crippen LogP contribution is 2.56. The lowest BCUT2D eigenvalue weighted by atomic mass is 9.54. The van der Waals surface area contributed by atoms with Gasteiger partial charge in [-0.1, -0.05) is 19.1 Å². The van der Waals surface area contributed by atoms with Gasteiger partial charge in [0.05, 0.1) is 17.7 Å². The predicted octanol–water partition coefficient (Wildman–Crippen LogP) is 0.157. The Balaban J connectivity index is 2.09. The highest BCUT2D eigenvalue weighted by molar-refractivity contribution is 6.22. The van der Waals surface area contributed by atoms with Gasteiger partial charge in [0.2, 0.25) is 0 Å². The predicted molar refractivity (Wildman–Crippen MR) is 113 cm³/mol. The Morgan fingerprint density at radius 1 is 1.19 bits per heavy atom. The summed E-state index contributed by atoms with van der Waals surface area (Å²) >= 11 is 0. The Morgan fingerprint density at radius 3 is 2.38 bits per heavy atom. The molecule has 0 aliphatic heterocycles. The molecule has 0 fully saturated rings. The van der Waals surface area contributed by atoms with Crippen LogP contribution in [-0.2, 0) is 9.59 Å². The van der Waals surface area contributed by atoms with Gasteiger partial charge in [0.25, 0.3) is 5.91 Å². The molecule has 3 aliphatic rings. The third-order valence-corrected chi connectivity index (χ3v) is 7.36. The number of rotatable bonds is 2. The summed E-state index contributed by atoms with van der Waals surface area (Å²) in [6.45, 7) is 3.21. The summed E-state index contributed by atoms with van der Waals surface area (Å²) in [5.41, 5.74) is 2.88. The summed E-state index contributed by atoms with van der Waals surface area (Å²) in [7, 11) is 3.10. The largest absolute Gasteiger partial charge is 0.508 e. The monoisotopic (exact) mass is 442 g/mol. The Hall–Kier alpha value is -3.01. The number of Topliss-reactive ketones (excluding diaryl/α,β-unsaturated/α-hetero) is 2. The minimum absolute atomic E-state index is 0.0131. The maximum absolute atomic E-state index is 13.5. The molecular formula is C23H26N2O7. The second kappa shape index (κ2) is 6.99. The molecule has 32 heavy (non-hydrogen) atoms. The number of carbonyl (C=O) groups is 3. The first-order valence-corrected chi connectivity index (χ1v) is 10.3. The van der Waals surface area contributed by atoms with Crippen LogP contribution in [0, 0.1) is 11.8 Å². The number of carbonyl (C=O) groups excluding carboxylic acids is 3. The van der Waals surface area contributed by atoms with E-state index in [1.54, 1.807) is 33.2 Å². The first-order chi connectivity index (χ1) is 14.9. The Kier molecular flexibility index (Phi) is 4.85. The molecule has 4 rings (SSSR count). The van der Waals surface area contributed by atoms with Crippen molar-refractivity contribution in [3.8, 4) is 5.75 Å². The molecule has 0 bridgehead atoms. The quantitative estimate of drug-likeness (QED) is 0.405. The maximum atomic E-state index is 13.5. The highest BCUT2D eigenvalue weighted by Gasteiger charge is 2.64. The molecule has 9 heteroatoms. The third-order valence-electron chi connectivity index (χ3n) is 7.36. The second-order valence-corrected chi connectivity index (χ2v) is 9.07. The zero-order valence-electron chi connectivity index (χ0n) is 18.2. The standard InChI is InChI=1S/C23H26N2O7/c1-8-10-6-5-7-11(26)14(10)18(27)13-9(2)23(32)16(19(28)12(8)13)17(25(3)4)20(29)15(21(23)30)22(24)31/h5-8,12,16-17,19,26,28,30,32H,1-4H3,(H2,24,31)/t8-,12?,16?,17-,19-,23+/m0/s1. The second-order valence-electron chi connectivity index (χ2n) is 9.07. The van der Waals surface area contributed by atoms with Crippen LogP contribution in [0.15, 0.2) is 40.7 Å². The van der Waals surface area contributed by atoms with Gasteiger partial charge >= 0.3 is 0 Å². The molecule has 0 spiro atoms. The summed E-state index contributed by atoms with van der Waals surface area (Å²) < 4.78 is 0. The lowest BCUT2D eigenvalue weighted by Gasteiger charge is -2.55. The zero-order valence-corrected chi connectivity index (χ0v) is 18.2. The number of amides is 1. The number of likely N-dealkylation sites (N-methyl/N-ethyl adjacent to an activating group) is 1. The average molecular weight is 442 g/mol. The van der Waals surface area contributed by atoms with E-state index in [-0.39, 0.29) is 22.5 Å². The Morgan fingerprint density at radius 2 is 1.81 bits per heavy atom. The van der Waals surface area contributed by atoms with Gasteiger partial charge in [0, 0.05) is 17.4 Å². The number of fused-ring (bicyclic) bond motifs is 3. The van der Waals surface area contributed by atoms with E-state index in [1.807, 2.05) is 0 Å². The minimum atomic E-state index is -2.38. The number of hydrogen-bond donors (Lipinski definition) is 5. The van der Waals surface area contributed by atoms with E-state index in [9.17, 15) is 34.8 Å². The molecular weight excluding hydrogens is 416 g/mol. The minimum Gasteiger partial charge on any atom is -0.508 e. The van der Waals surface area contributed by atoms with E-state index in [2.05, 4.69) is 0 Å². The molecule has 3 aliphatic carbocycles. The molecule has 0 heterocycles. The number of nitrogens with zero attached hydrogens (tertiary/aromatic N) is 1. The molecule has 9 nitrogen and oxygen atoms in total. The number of primary amides is 1. The number of aromatic hydroxyl groups is 1. The number of phenolic OH excluding ortho intramolecular Hbond substituents is 1. The molecule has 6 atom stereocenters. The Bertz CT molecular complexity index is 1140. The fourth-order valence-corrected chi connectivity index (χ4v) is 5.89. The summed E-state index contributed by atoms with van der Waals surface area (Å²) in [5, 5.41) is 44.6. The molecule has 1 aromatic carbocycles. The lowest BCUT2D eigenvalue weighted by Crippen LogP contribution is -2.67. The van der Waals surface area contributed by atoms with Crippen LogP contribution in [0.1, 0.15) is 35.7 Å². The molecule has 0 saturated carbocycles. The van der Waals surface area contributed by atoms with Gasteiger partial charge < -0.3 is 26.2 Å². The molecule has 6 N–H and O–H groups in total. The third kappa shape index (κ3) is 2.52. The van der Waals surface area contributed by atoms with E-state index in [0.717, 1.165) is 0 Å². The summed E-state index contributed by atoms with van der Waals surface area (Å²) in [5.74, 6) is -6.33. The molecule has 170 valence electrons. The van der Waals surface area contributed by atoms with Crippen molar-refractivity contribution in [3.63, 3.8) is 0 Å². The van der Waals surface area contributed by atoms with E-state index in [4.69, 9.17) is 5.73 Å². The van der Waals surface area contributed by atoms with Crippen LogP contribution >= 0.6 is 0 Å². The van der Waals surface area contributed by atoms with Gasteiger partial charge in [0.15, 0.2) is 17.2 Å². The highest BCUT2D eigenvalue weighted by atomic mass is 16.3. The van der Waals surface area contributed by atoms with Gasteiger partial charge in [-0.3, -0.25) is 19.3 Å². The van der Waals surface area contributed by atoms with Crippen LogP contribution in [0.25, 0.3) is 0 Å².